The summed E-state index contributed by atoms with van der Waals surface area (Å²) in [5.41, 5.74) is 2.21. The Kier molecular flexibility index (Phi) is 5.23. The second-order valence-corrected chi connectivity index (χ2v) is 6.74. The molecular formula is C21H22N4O3. The predicted octanol–water partition coefficient (Wildman–Crippen LogP) is 2.72. The van der Waals surface area contributed by atoms with Crippen molar-refractivity contribution in [3.63, 3.8) is 0 Å². The molecule has 1 aromatic carbocycles. The van der Waals surface area contributed by atoms with Crippen molar-refractivity contribution in [2.24, 2.45) is 5.92 Å². The number of aryl methyl sites for hydroxylation is 2. The van der Waals surface area contributed by atoms with Gasteiger partial charge in [0.05, 0.1) is 13.0 Å². The van der Waals surface area contributed by atoms with Crippen LogP contribution in [0.1, 0.15) is 11.1 Å². The van der Waals surface area contributed by atoms with Crippen molar-refractivity contribution in [3.8, 4) is 11.5 Å². The highest BCUT2D eigenvalue weighted by atomic mass is 16.5. The number of anilines is 1. The highest BCUT2D eigenvalue weighted by Crippen LogP contribution is 2.31. The van der Waals surface area contributed by atoms with Crippen molar-refractivity contribution >= 4 is 11.7 Å². The number of carbonyl (C=O) groups excluding carboxylic acids is 1. The maximum atomic E-state index is 12.6. The normalized spacial score (nSPS) is 15.4. The molecule has 3 heterocycles. The summed E-state index contributed by atoms with van der Waals surface area (Å²) >= 11 is 0. The van der Waals surface area contributed by atoms with Gasteiger partial charge in [0.2, 0.25) is 5.91 Å². The Morgan fingerprint density at radius 3 is 2.96 bits per heavy atom. The Morgan fingerprint density at radius 1 is 1.29 bits per heavy atom. The minimum atomic E-state index is -0.247. The fourth-order valence-electron chi connectivity index (χ4n) is 3.22. The predicted molar refractivity (Wildman–Crippen MR) is 104 cm³/mol. The minimum absolute atomic E-state index is 0.0825. The van der Waals surface area contributed by atoms with E-state index in [0.717, 1.165) is 30.0 Å². The molecule has 0 fully saturated rings. The Balaban J connectivity index is 1.33. The fourth-order valence-corrected chi connectivity index (χ4v) is 3.22. The third-order valence-corrected chi connectivity index (χ3v) is 4.82. The summed E-state index contributed by atoms with van der Waals surface area (Å²) in [6, 6.07) is 11.5. The molecule has 1 atom stereocenters. The maximum Gasteiger partial charge on any atom is 0.232 e. The third kappa shape index (κ3) is 4.14. The number of methoxy groups -OCH3 is 1. The number of benzene rings is 1. The van der Waals surface area contributed by atoms with Crippen LogP contribution in [-0.4, -0.2) is 34.4 Å². The molecule has 144 valence electrons. The number of aromatic nitrogens is 3. The van der Waals surface area contributed by atoms with Crippen LogP contribution in [0.5, 0.6) is 11.5 Å². The van der Waals surface area contributed by atoms with Gasteiger partial charge in [0, 0.05) is 37.3 Å². The number of carbonyl (C=O) groups is 1. The van der Waals surface area contributed by atoms with Gasteiger partial charge in [-0.25, -0.2) is 0 Å². The van der Waals surface area contributed by atoms with Crippen LogP contribution in [0.25, 0.3) is 0 Å². The molecule has 0 spiro atoms. The van der Waals surface area contributed by atoms with Gasteiger partial charge in [-0.3, -0.25) is 14.5 Å². The zero-order valence-corrected chi connectivity index (χ0v) is 15.7. The molecule has 7 nitrogen and oxygen atoms in total. The summed E-state index contributed by atoms with van der Waals surface area (Å²) in [4.78, 5) is 16.6. The monoisotopic (exact) mass is 378 g/mol. The van der Waals surface area contributed by atoms with Crippen LogP contribution in [0.2, 0.25) is 0 Å². The molecular weight excluding hydrogens is 356 g/mol. The molecule has 7 heteroatoms. The highest BCUT2D eigenvalue weighted by Gasteiger charge is 2.26. The molecule has 1 amide bonds. The van der Waals surface area contributed by atoms with E-state index < -0.39 is 0 Å². The van der Waals surface area contributed by atoms with E-state index in [1.54, 1.807) is 19.5 Å². The Morgan fingerprint density at radius 2 is 2.14 bits per heavy atom. The van der Waals surface area contributed by atoms with E-state index in [2.05, 4.69) is 15.4 Å². The van der Waals surface area contributed by atoms with Crippen molar-refractivity contribution < 1.29 is 14.3 Å². The quantitative estimate of drug-likeness (QED) is 0.714. The van der Waals surface area contributed by atoms with Gasteiger partial charge >= 0.3 is 0 Å². The minimum Gasteiger partial charge on any atom is -0.497 e. The molecule has 1 aliphatic rings. The van der Waals surface area contributed by atoms with Gasteiger partial charge in [0.15, 0.2) is 5.82 Å². The summed E-state index contributed by atoms with van der Waals surface area (Å²) in [7, 11) is 1.62. The first-order valence-corrected chi connectivity index (χ1v) is 9.24. The number of rotatable bonds is 6. The summed E-state index contributed by atoms with van der Waals surface area (Å²) < 4.78 is 12.8. The van der Waals surface area contributed by atoms with Gasteiger partial charge in [0.1, 0.15) is 18.1 Å². The van der Waals surface area contributed by atoms with Crippen LogP contribution in [0.3, 0.4) is 0 Å². The SMILES string of the molecule is COc1ccc2c(c1)OCC(C(=O)Nc1ccn(CCc3ccncc3)n1)C2. The largest absolute Gasteiger partial charge is 0.497 e. The highest BCUT2D eigenvalue weighted by molar-refractivity contribution is 5.92. The molecule has 1 N–H and O–H groups in total. The first-order valence-electron chi connectivity index (χ1n) is 9.24. The lowest BCUT2D eigenvalue weighted by atomic mass is 9.96. The average molecular weight is 378 g/mol. The first-order chi connectivity index (χ1) is 13.7. The van der Waals surface area contributed by atoms with E-state index in [1.165, 1.54) is 5.56 Å². The van der Waals surface area contributed by atoms with Crippen LogP contribution in [0, 0.1) is 5.92 Å². The topological polar surface area (TPSA) is 78.3 Å². The number of hydrogen-bond acceptors (Lipinski definition) is 5. The van der Waals surface area contributed by atoms with E-state index in [4.69, 9.17) is 9.47 Å². The lowest BCUT2D eigenvalue weighted by Gasteiger charge is -2.24. The second kappa shape index (κ2) is 8.12. The van der Waals surface area contributed by atoms with Crippen molar-refractivity contribution in [1.82, 2.24) is 14.8 Å². The van der Waals surface area contributed by atoms with Gasteiger partial charge in [-0.1, -0.05) is 6.07 Å². The number of hydrogen-bond donors (Lipinski definition) is 1. The average Bonchev–Trinajstić information content (AvgIpc) is 3.19. The molecule has 0 radical (unpaired) electrons. The maximum absolute atomic E-state index is 12.6. The van der Waals surface area contributed by atoms with Crippen LogP contribution in [-0.2, 0) is 24.2 Å². The van der Waals surface area contributed by atoms with Crippen molar-refractivity contribution in [1.29, 1.82) is 0 Å². The Bertz CT molecular complexity index is 955. The Hall–Kier alpha value is -3.35. The van der Waals surface area contributed by atoms with Crippen molar-refractivity contribution in [2.45, 2.75) is 19.4 Å². The standard InChI is InChI=1S/C21H22N4O3/c1-27-18-3-2-16-12-17(14-28-19(16)13-18)21(26)23-20-7-11-25(24-20)10-6-15-4-8-22-9-5-15/h2-5,7-9,11,13,17H,6,10,12,14H2,1H3,(H,23,24,26). The number of ether oxygens (including phenoxy) is 2. The number of nitrogens with zero attached hydrogens (tertiary/aromatic N) is 3. The zero-order chi connectivity index (χ0) is 19.3. The van der Waals surface area contributed by atoms with Crippen molar-refractivity contribution in [3.05, 3.63) is 66.1 Å². The molecule has 0 saturated heterocycles. The summed E-state index contributed by atoms with van der Waals surface area (Å²) in [5.74, 6) is 1.76. The number of amides is 1. The van der Waals surface area contributed by atoms with Gasteiger partial charge in [-0.05, 0) is 42.2 Å². The molecule has 3 aromatic rings. The molecule has 0 bridgehead atoms. The summed E-state index contributed by atoms with van der Waals surface area (Å²) in [6.45, 7) is 1.08. The molecule has 1 aliphatic heterocycles. The molecule has 0 aliphatic carbocycles. The van der Waals surface area contributed by atoms with Gasteiger partial charge in [0.25, 0.3) is 0 Å². The van der Waals surface area contributed by atoms with Crippen LogP contribution in [0.4, 0.5) is 5.82 Å². The molecule has 28 heavy (non-hydrogen) atoms. The van der Waals surface area contributed by atoms with E-state index in [9.17, 15) is 4.79 Å². The summed E-state index contributed by atoms with van der Waals surface area (Å²) in [6.07, 6.45) is 6.92. The smallest absolute Gasteiger partial charge is 0.232 e. The molecule has 0 saturated carbocycles. The van der Waals surface area contributed by atoms with Crippen LogP contribution >= 0.6 is 0 Å². The summed E-state index contributed by atoms with van der Waals surface area (Å²) in [5, 5.41) is 7.34. The third-order valence-electron chi connectivity index (χ3n) is 4.82. The lowest BCUT2D eigenvalue weighted by Crippen LogP contribution is -2.32. The van der Waals surface area contributed by atoms with Crippen LogP contribution in [0.15, 0.2) is 55.0 Å². The zero-order valence-electron chi connectivity index (χ0n) is 15.7. The van der Waals surface area contributed by atoms with E-state index in [1.807, 2.05) is 47.3 Å². The van der Waals surface area contributed by atoms with Crippen molar-refractivity contribution in [2.75, 3.05) is 19.0 Å². The molecule has 4 rings (SSSR count). The number of nitrogens with one attached hydrogen (secondary N) is 1. The second-order valence-electron chi connectivity index (χ2n) is 6.74. The lowest BCUT2D eigenvalue weighted by molar-refractivity contribution is -0.121. The van der Waals surface area contributed by atoms with Gasteiger partial charge in [-0.15, -0.1) is 0 Å². The molecule has 1 unspecified atom stereocenters. The Labute approximate surface area is 163 Å². The van der Waals surface area contributed by atoms with Gasteiger partial charge < -0.3 is 14.8 Å². The van der Waals surface area contributed by atoms with Gasteiger partial charge in [-0.2, -0.15) is 5.10 Å². The van der Waals surface area contributed by atoms with E-state index >= 15 is 0 Å². The van der Waals surface area contributed by atoms with E-state index in [-0.39, 0.29) is 11.8 Å². The first kappa shape index (κ1) is 18.0. The van der Waals surface area contributed by atoms with E-state index in [0.29, 0.717) is 18.8 Å². The molecule has 2 aromatic heterocycles. The number of fused-ring (bicyclic) bond motifs is 1. The van der Waals surface area contributed by atoms with Crippen LogP contribution < -0.4 is 14.8 Å². The fraction of sp³-hybridized carbons (Fsp3) is 0.286. The number of pyridine rings is 1.